The summed E-state index contributed by atoms with van der Waals surface area (Å²) in [4.78, 5) is 36.0. The van der Waals surface area contributed by atoms with Crippen molar-refractivity contribution in [3.05, 3.63) is 113 Å². The average molecular weight is 451 g/mol. The number of aliphatic imine (C=N–C) groups is 1. The molecule has 0 fully saturated rings. The van der Waals surface area contributed by atoms with Crippen LogP contribution in [0.25, 0.3) is 0 Å². The number of hydrogen-bond acceptors (Lipinski definition) is 5. The largest absolute Gasteiger partial charge is 0.460 e. The van der Waals surface area contributed by atoms with Gasteiger partial charge in [0.1, 0.15) is 12.5 Å². The Balaban J connectivity index is 1.49. The highest BCUT2D eigenvalue weighted by Gasteiger charge is 2.44. The molecule has 1 aliphatic carbocycles. The molecule has 0 amide bonds. The molecule has 1 aliphatic heterocycles. The smallest absolute Gasteiger partial charge is 0.315 e. The zero-order chi connectivity index (χ0) is 23.5. The van der Waals surface area contributed by atoms with E-state index in [1.807, 2.05) is 67.6 Å². The summed E-state index contributed by atoms with van der Waals surface area (Å²) in [5.41, 5.74) is 4.97. The van der Waals surface area contributed by atoms with Crippen LogP contribution >= 0.6 is 0 Å². The molecule has 5 rings (SSSR count). The van der Waals surface area contributed by atoms with E-state index >= 15 is 0 Å². The van der Waals surface area contributed by atoms with E-state index in [-0.39, 0.29) is 24.3 Å². The van der Waals surface area contributed by atoms with Gasteiger partial charge < -0.3 is 4.74 Å². The molecule has 0 N–H and O–H groups in total. The van der Waals surface area contributed by atoms with Crippen molar-refractivity contribution in [3.63, 3.8) is 0 Å². The molecule has 0 saturated heterocycles. The molecule has 5 heteroatoms. The number of carbonyl (C=O) groups excluding carboxylic acids is 2. The van der Waals surface area contributed by atoms with E-state index in [0.717, 1.165) is 22.4 Å². The van der Waals surface area contributed by atoms with Crippen LogP contribution in [0, 0.1) is 5.92 Å². The number of ether oxygens (including phenoxy) is 1. The van der Waals surface area contributed by atoms with Crippen LogP contribution in [0.5, 0.6) is 0 Å². The van der Waals surface area contributed by atoms with Gasteiger partial charge in [-0.3, -0.25) is 19.6 Å². The van der Waals surface area contributed by atoms with Gasteiger partial charge in [-0.15, -0.1) is 0 Å². The number of benzene rings is 2. The summed E-state index contributed by atoms with van der Waals surface area (Å²) in [5.74, 6) is -1.36. The number of esters is 1. The van der Waals surface area contributed by atoms with Gasteiger partial charge >= 0.3 is 5.97 Å². The lowest BCUT2D eigenvalue weighted by atomic mass is 9.69. The Morgan fingerprint density at radius 1 is 0.941 bits per heavy atom. The van der Waals surface area contributed by atoms with Crippen LogP contribution in [0.2, 0.25) is 0 Å². The molecule has 34 heavy (non-hydrogen) atoms. The molecule has 2 aliphatic rings. The number of carbonyl (C=O) groups is 2. The minimum Gasteiger partial charge on any atom is -0.460 e. The second kappa shape index (κ2) is 9.56. The van der Waals surface area contributed by atoms with Crippen molar-refractivity contribution in [2.24, 2.45) is 10.9 Å². The summed E-state index contributed by atoms with van der Waals surface area (Å²) < 4.78 is 5.72. The number of Topliss-reactive ketones (excluding diaryl/α,β-unsaturated/α-hetero) is 1. The molecular formula is C29H26N2O3. The van der Waals surface area contributed by atoms with Crippen LogP contribution in [0.3, 0.4) is 0 Å². The summed E-state index contributed by atoms with van der Waals surface area (Å²) in [7, 11) is 0. The molecule has 1 unspecified atom stereocenters. The molecule has 0 saturated carbocycles. The summed E-state index contributed by atoms with van der Waals surface area (Å²) in [6.45, 7) is 2.04. The maximum absolute atomic E-state index is 13.6. The van der Waals surface area contributed by atoms with Crippen LogP contribution in [0.1, 0.15) is 48.3 Å². The van der Waals surface area contributed by atoms with Crippen LogP contribution in [-0.2, 0) is 20.9 Å². The van der Waals surface area contributed by atoms with Crippen molar-refractivity contribution in [1.29, 1.82) is 0 Å². The highest BCUT2D eigenvalue weighted by Crippen LogP contribution is 2.46. The van der Waals surface area contributed by atoms with Crippen LogP contribution in [0.15, 0.2) is 101 Å². The van der Waals surface area contributed by atoms with Gasteiger partial charge in [0, 0.05) is 41.7 Å². The van der Waals surface area contributed by atoms with E-state index in [1.165, 1.54) is 0 Å². The molecule has 0 radical (unpaired) electrons. The fourth-order valence-electron chi connectivity index (χ4n) is 5.06. The molecule has 1 aromatic heterocycles. The van der Waals surface area contributed by atoms with Crippen molar-refractivity contribution in [2.75, 3.05) is 0 Å². The Labute approximate surface area is 199 Å². The summed E-state index contributed by atoms with van der Waals surface area (Å²) in [5, 5.41) is 0. The predicted molar refractivity (Wildman–Crippen MR) is 130 cm³/mol. The number of hydrogen-bond donors (Lipinski definition) is 0. The lowest BCUT2D eigenvalue weighted by Gasteiger charge is -2.36. The Hall–Kier alpha value is -3.86. The first-order valence-electron chi connectivity index (χ1n) is 11.6. The maximum Gasteiger partial charge on any atom is 0.315 e. The van der Waals surface area contributed by atoms with Crippen molar-refractivity contribution in [1.82, 2.24) is 4.98 Å². The summed E-state index contributed by atoms with van der Waals surface area (Å²) in [6.07, 6.45) is 4.51. The standard InChI is InChI=1S/C29H26N2O3/c1-19-26(29(33)34-18-20-9-4-2-5-10-20)27(22-13-8-14-30-17-22)28-24(31-19)15-23(16-25(28)32)21-11-6-3-7-12-21/h2-14,17,23,26-27H,15-16,18H2,1H3/t23-,26?,27+/m0/s1. The molecule has 2 aromatic carbocycles. The quantitative estimate of drug-likeness (QED) is 0.488. The van der Waals surface area contributed by atoms with Crippen molar-refractivity contribution < 1.29 is 14.3 Å². The zero-order valence-corrected chi connectivity index (χ0v) is 19.1. The first-order valence-corrected chi connectivity index (χ1v) is 11.6. The van der Waals surface area contributed by atoms with Crippen molar-refractivity contribution in [3.8, 4) is 0 Å². The molecule has 0 bridgehead atoms. The molecule has 170 valence electrons. The number of rotatable bonds is 5. The Morgan fingerprint density at radius 3 is 2.35 bits per heavy atom. The van der Waals surface area contributed by atoms with E-state index in [9.17, 15) is 9.59 Å². The molecule has 3 aromatic rings. The summed E-state index contributed by atoms with van der Waals surface area (Å²) in [6, 6.07) is 23.4. The Bertz CT molecular complexity index is 1250. The number of aromatic nitrogens is 1. The van der Waals surface area contributed by atoms with Gasteiger partial charge in [0.15, 0.2) is 5.78 Å². The van der Waals surface area contributed by atoms with E-state index in [1.54, 1.807) is 12.4 Å². The third-order valence-corrected chi connectivity index (χ3v) is 6.68. The molecule has 3 atom stereocenters. The van der Waals surface area contributed by atoms with E-state index < -0.39 is 11.8 Å². The van der Waals surface area contributed by atoms with Crippen molar-refractivity contribution >= 4 is 17.5 Å². The SMILES string of the molecule is CC1=NC2=C(C(=O)C[C@@H](c3ccccc3)C2)[C@H](c2cccnc2)C1C(=O)OCc1ccccc1. The number of pyridine rings is 1. The Morgan fingerprint density at radius 2 is 1.65 bits per heavy atom. The molecular weight excluding hydrogens is 424 g/mol. The lowest BCUT2D eigenvalue weighted by molar-refractivity contribution is -0.148. The van der Waals surface area contributed by atoms with Gasteiger partial charge in [-0.2, -0.15) is 0 Å². The highest BCUT2D eigenvalue weighted by molar-refractivity contribution is 6.09. The van der Waals surface area contributed by atoms with Crippen LogP contribution in [-0.4, -0.2) is 22.4 Å². The topological polar surface area (TPSA) is 68.6 Å². The van der Waals surface area contributed by atoms with Gasteiger partial charge in [0.2, 0.25) is 0 Å². The zero-order valence-electron chi connectivity index (χ0n) is 19.1. The lowest BCUT2D eigenvalue weighted by Crippen LogP contribution is -2.38. The molecule has 5 nitrogen and oxygen atoms in total. The normalized spacial score (nSPS) is 22.1. The fraction of sp³-hybridized carbons (Fsp3) is 0.241. The third kappa shape index (κ3) is 4.34. The van der Waals surface area contributed by atoms with E-state index in [4.69, 9.17) is 9.73 Å². The van der Waals surface area contributed by atoms with Gasteiger partial charge in [0.25, 0.3) is 0 Å². The van der Waals surface area contributed by atoms with Crippen LogP contribution in [0.4, 0.5) is 0 Å². The minimum atomic E-state index is -0.663. The first-order chi connectivity index (χ1) is 16.6. The van der Waals surface area contributed by atoms with Gasteiger partial charge in [-0.1, -0.05) is 66.7 Å². The van der Waals surface area contributed by atoms with E-state index in [2.05, 4.69) is 17.1 Å². The third-order valence-electron chi connectivity index (χ3n) is 6.68. The van der Waals surface area contributed by atoms with Gasteiger partial charge in [-0.05, 0) is 42.0 Å². The molecule has 2 heterocycles. The second-order valence-electron chi connectivity index (χ2n) is 8.89. The highest BCUT2D eigenvalue weighted by atomic mass is 16.5. The maximum atomic E-state index is 13.6. The Kier molecular flexibility index (Phi) is 6.17. The van der Waals surface area contributed by atoms with Crippen molar-refractivity contribution in [2.45, 2.75) is 38.2 Å². The number of nitrogens with zero attached hydrogens (tertiary/aromatic N) is 2. The summed E-state index contributed by atoms with van der Waals surface area (Å²) >= 11 is 0. The van der Waals surface area contributed by atoms with Crippen LogP contribution < -0.4 is 0 Å². The molecule has 0 spiro atoms. The number of allylic oxidation sites excluding steroid dienone is 2. The monoisotopic (exact) mass is 450 g/mol. The first kappa shape index (κ1) is 22.0. The van der Waals surface area contributed by atoms with E-state index in [0.29, 0.717) is 24.1 Å². The second-order valence-corrected chi connectivity index (χ2v) is 8.89. The minimum absolute atomic E-state index is 0.0427. The van der Waals surface area contributed by atoms with Gasteiger partial charge in [0.05, 0.1) is 0 Å². The average Bonchev–Trinajstić information content (AvgIpc) is 2.88. The predicted octanol–water partition coefficient (Wildman–Crippen LogP) is 5.40. The number of ketones is 1. The van der Waals surface area contributed by atoms with Gasteiger partial charge in [-0.25, -0.2) is 0 Å². The fourth-order valence-corrected chi connectivity index (χ4v) is 5.06.